The maximum Gasteiger partial charge on any atom is 0.331 e. The second-order valence-corrected chi connectivity index (χ2v) is 5.97. The number of ether oxygens (including phenoxy) is 2. The molecule has 0 aliphatic carbocycles. The predicted octanol–water partition coefficient (Wildman–Crippen LogP) is 2.76. The molecular weight excluding hydrogens is 334 g/mol. The van der Waals surface area contributed by atoms with E-state index in [9.17, 15) is 9.90 Å². The zero-order valence-electron chi connectivity index (χ0n) is 14.8. The van der Waals surface area contributed by atoms with Crippen molar-refractivity contribution in [1.82, 2.24) is 9.97 Å². The third-order valence-electron chi connectivity index (χ3n) is 4.32. The maximum absolute atomic E-state index is 11.5. The van der Waals surface area contributed by atoms with Gasteiger partial charge in [0.05, 0.1) is 19.8 Å². The molecule has 26 heavy (non-hydrogen) atoms. The molecule has 7 heteroatoms. The standard InChI is InChI=1S/C19H21N3O4/c1-25-15-7-5-13(6-8-15)11-22-9-3-4-14(19(23)24)10-16-17(22)20-12-21-18(16)26-2/h5-8,10,12H,3-4,9,11H2,1-2H3,(H,23,24)/b14-10+. The lowest BCUT2D eigenvalue weighted by molar-refractivity contribution is -0.132. The van der Waals surface area contributed by atoms with Crippen LogP contribution in [-0.4, -0.2) is 41.8 Å². The number of fused-ring (bicyclic) bond motifs is 1. The van der Waals surface area contributed by atoms with Crippen LogP contribution in [-0.2, 0) is 11.3 Å². The van der Waals surface area contributed by atoms with Crippen molar-refractivity contribution in [2.75, 3.05) is 25.7 Å². The first-order chi connectivity index (χ1) is 12.6. The van der Waals surface area contributed by atoms with E-state index in [0.717, 1.165) is 17.7 Å². The molecule has 1 aliphatic rings. The molecular formula is C19H21N3O4. The number of carboxylic acids is 1. The van der Waals surface area contributed by atoms with Crippen LogP contribution >= 0.6 is 0 Å². The van der Waals surface area contributed by atoms with Crippen molar-refractivity contribution in [1.29, 1.82) is 0 Å². The lowest BCUT2D eigenvalue weighted by Gasteiger charge is -2.27. The molecule has 1 aromatic heterocycles. The van der Waals surface area contributed by atoms with E-state index in [2.05, 4.69) is 14.9 Å². The van der Waals surface area contributed by atoms with Gasteiger partial charge < -0.3 is 19.5 Å². The molecule has 1 aliphatic heterocycles. The summed E-state index contributed by atoms with van der Waals surface area (Å²) in [5.41, 5.74) is 2.04. The van der Waals surface area contributed by atoms with Crippen LogP contribution in [0.2, 0.25) is 0 Å². The van der Waals surface area contributed by atoms with E-state index in [1.54, 1.807) is 13.2 Å². The number of carboxylic acid groups (broad SMARTS) is 1. The van der Waals surface area contributed by atoms with Gasteiger partial charge in [-0.05, 0) is 36.6 Å². The molecule has 2 aromatic rings. The molecule has 3 rings (SSSR count). The van der Waals surface area contributed by atoms with Crippen molar-refractivity contribution < 1.29 is 19.4 Å². The minimum atomic E-state index is -0.925. The Balaban J connectivity index is 1.99. The number of rotatable bonds is 5. The molecule has 1 N–H and O–H groups in total. The summed E-state index contributed by atoms with van der Waals surface area (Å²) in [6.07, 6.45) is 4.26. The van der Waals surface area contributed by atoms with Gasteiger partial charge in [0.1, 0.15) is 17.9 Å². The van der Waals surface area contributed by atoms with E-state index in [0.29, 0.717) is 42.3 Å². The molecule has 0 radical (unpaired) electrons. The molecule has 0 saturated heterocycles. The minimum absolute atomic E-state index is 0.337. The fraction of sp³-hybridized carbons (Fsp3) is 0.316. The van der Waals surface area contributed by atoms with Gasteiger partial charge in [-0.2, -0.15) is 0 Å². The largest absolute Gasteiger partial charge is 0.497 e. The molecule has 0 atom stereocenters. The third-order valence-corrected chi connectivity index (χ3v) is 4.32. The Kier molecular flexibility index (Phi) is 5.36. The van der Waals surface area contributed by atoms with Gasteiger partial charge in [-0.1, -0.05) is 12.1 Å². The van der Waals surface area contributed by atoms with E-state index in [1.807, 2.05) is 24.3 Å². The molecule has 7 nitrogen and oxygen atoms in total. The normalized spacial score (nSPS) is 15.9. The van der Waals surface area contributed by atoms with E-state index in [4.69, 9.17) is 9.47 Å². The average Bonchev–Trinajstić information content (AvgIpc) is 2.64. The molecule has 0 saturated carbocycles. The molecule has 136 valence electrons. The van der Waals surface area contributed by atoms with Gasteiger partial charge in [0.15, 0.2) is 0 Å². The number of anilines is 1. The van der Waals surface area contributed by atoms with Gasteiger partial charge in [0.25, 0.3) is 0 Å². The van der Waals surface area contributed by atoms with Crippen LogP contribution in [0.15, 0.2) is 36.2 Å². The first-order valence-corrected chi connectivity index (χ1v) is 8.33. The lowest BCUT2D eigenvalue weighted by atomic mass is 10.0. The van der Waals surface area contributed by atoms with E-state index >= 15 is 0 Å². The Morgan fingerprint density at radius 1 is 1.19 bits per heavy atom. The van der Waals surface area contributed by atoms with Crippen LogP contribution in [0.3, 0.4) is 0 Å². The minimum Gasteiger partial charge on any atom is -0.497 e. The SMILES string of the molecule is COc1ccc(CN2CCC/C(C(=O)O)=C\c3c(OC)ncnc32)cc1. The van der Waals surface area contributed by atoms with Crippen LogP contribution in [0, 0.1) is 0 Å². The van der Waals surface area contributed by atoms with Gasteiger partial charge in [-0.3, -0.25) is 0 Å². The Bertz CT molecular complexity index is 818. The third kappa shape index (κ3) is 3.77. The summed E-state index contributed by atoms with van der Waals surface area (Å²) in [5, 5.41) is 9.42. The molecule has 0 fully saturated rings. The van der Waals surface area contributed by atoms with Gasteiger partial charge in [-0.15, -0.1) is 0 Å². The second kappa shape index (κ2) is 7.86. The summed E-state index contributed by atoms with van der Waals surface area (Å²) in [6, 6.07) is 7.86. The van der Waals surface area contributed by atoms with Crippen molar-refractivity contribution >= 4 is 17.9 Å². The molecule has 2 heterocycles. The van der Waals surface area contributed by atoms with Gasteiger partial charge >= 0.3 is 5.97 Å². The summed E-state index contributed by atoms with van der Waals surface area (Å²) < 4.78 is 10.5. The maximum atomic E-state index is 11.5. The molecule has 0 unspecified atom stereocenters. The van der Waals surface area contributed by atoms with Crippen LogP contribution in [0.5, 0.6) is 11.6 Å². The topological polar surface area (TPSA) is 84.8 Å². The van der Waals surface area contributed by atoms with Crippen molar-refractivity contribution in [2.45, 2.75) is 19.4 Å². The van der Waals surface area contributed by atoms with Crippen LogP contribution < -0.4 is 14.4 Å². The quantitative estimate of drug-likeness (QED) is 0.883. The number of nitrogens with zero attached hydrogens (tertiary/aromatic N) is 3. The second-order valence-electron chi connectivity index (χ2n) is 5.97. The summed E-state index contributed by atoms with van der Waals surface area (Å²) in [4.78, 5) is 22.1. The first-order valence-electron chi connectivity index (χ1n) is 8.33. The first kappa shape index (κ1) is 17.7. The Labute approximate surface area is 151 Å². The molecule has 0 amide bonds. The highest BCUT2D eigenvalue weighted by molar-refractivity contribution is 5.93. The molecule has 0 spiro atoms. The summed E-state index contributed by atoms with van der Waals surface area (Å²) >= 11 is 0. The predicted molar refractivity (Wildman–Crippen MR) is 97.5 cm³/mol. The Morgan fingerprint density at radius 3 is 2.62 bits per heavy atom. The summed E-state index contributed by atoms with van der Waals surface area (Å²) in [5.74, 6) is 0.923. The number of benzene rings is 1. The summed E-state index contributed by atoms with van der Waals surface area (Å²) in [7, 11) is 3.16. The summed E-state index contributed by atoms with van der Waals surface area (Å²) in [6.45, 7) is 1.33. The van der Waals surface area contributed by atoms with Crippen LogP contribution in [0.1, 0.15) is 24.0 Å². The van der Waals surface area contributed by atoms with Crippen LogP contribution in [0.25, 0.3) is 6.08 Å². The fourth-order valence-electron chi connectivity index (χ4n) is 3.00. The van der Waals surface area contributed by atoms with Gasteiger partial charge in [0.2, 0.25) is 5.88 Å². The number of aromatic nitrogens is 2. The van der Waals surface area contributed by atoms with Gasteiger partial charge in [0, 0.05) is 18.7 Å². The van der Waals surface area contributed by atoms with Crippen molar-refractivity contribution in [3.8, 4) is 11.6 Å². The number of hydrogen-bond acceptors (Lipinski definition) is 6. The highest BCUT2D eigenvalue weighted by Crippen LogP contribution is 2.32. The lowest BCUT2D eigenvalue weighted by Crippen LogP contribution is -2.27. The monoisotopic (exact) mass is 355 g/mol. The number of methoxy groups -OCH3 is 2. The highest BCUT2D eigenvalue weighted by atomic mass is 16.5. The number of carbonyl (C=O) groups is 1. The number of hydrogen-bond donors (Lipinski definition) is 1. The van der Waals surface area contributed by atoms with E-state index < -0.39 is 5.97 Å². The fourth-order valence-corrected chi connectivity index (χ4v) is 3.00. The Hall–Kier alpha value is -3.09. The van der Waals surface area contributed by atoms with Crippen molar-refractivity contribution in [3.63, 3.8) is 0 Å². The van der Waals surface area contributed by atoms with Crippen molar-refractivity contribution in [3.05, 3.63) is 47.3 Å². The van der Waals surface area contributed by atoms with Gasteiger partial charge in [-0.25, -0.2) is 14.8 Å². The Morgan fingerprint density at radius 2 is 1.96 bits per heavy atom. The van der Waals surface area contributed by atoms with E-state index in [1.165, 1.54) is 13.4 Å². The smallest absolute Gasteiger partial charge is 0.331 e. The number of aliphatic carboxylic acids is 1. The molecule has 1 aromatic carbocycles. The zero-order valence-corrected chi connectivity index (χ0v) is 14.8. The average molecular weight is 355 g/mol. The zero-order chi connectivity index (χ0) is 18.5. The van der Waals surface area contributed by atoms with Crippen molar-refractivity contribution in [2.24, 2.45) is 0 Å². The molecule has 0 bridgehead atoms. The highest BCUT2D eigenvalue weighted by Gasteiger charge is 2.22. The van der Waals surface area contributed by atoms with Crippen LogP contribution in [0.4, 0.5) is 5.82 Å². The van der Waals surface area contributed by atoms with E-state index in [-0.39, 0.29) is 0 Å².